The number of hydrogen-bond acceptors (Lipinski definition) is 4. The molecule has 2 atom stereocenters. The van der Waals surface area contributed by atoms with Gasteiger partial charge in [0.25, 0.3) is 0 Å². The van der Waals surface area contributed by atoms with Crippen molar-refractivity contribution in [1.82, 2.24) is 4.90 Å². The summed E-state index contributed by atoms with van der Waals surface area (Å²) in [7, 11) is 0. The monoisotopic (exact) mass is 412 g/mol. The number of piperazine rings is 1. The molecule has 2 heterocycles. The van der Waals surface area contributed by atoms with Crippen molar-refractivity contribution in [3.63, 3.8) is 0 Å². The average molecular weight is 413 g/mol. The summed E-state index contributed by atoms with van der Waals surface area (Å²) >= 11 is 0. The summed E-state index contributed by atoms with van der Waals surface area (Å²) in [6.45, 7) is 8.43. The number of hydrogen-bond donors (Lipinski definition) is 1. The van der Waals surface area contributed by atoms with Crippen LogP contribution in [0, 0.1) is 5.82 Å². The molecule has 2 fully saturated rings. The number of para-hydroxylation sites is 2. The highest BCUT2D eigenvalue weighted by Crippen LogP contribution is 2.29. The number of anilines is 3. The Morgan fingerprint density at radius 3 is 2.23 bits per heavy atom. The summed E-state index contributed by atoms with van der Waals surface area (Å²) in [6.07, 6.45) is 0.300. The van der Waals surface area contributed by atoms with Gasteiger partial charge in [-0.3, -0.25) is 0 Å². The predicted octanol–water partition coefficient (Wildman–Crippen LogP) is 3.79. The largest absolute Gasteiger partial charge is 0.372 e. The molecule has 1 N–H and O–H groups in total. The Bertz CT molecular complexity index is 858. The van der Waals surface area contributed by atoms with E-state index >= 15 is 0 Å². The third kappa shape index (κ3) is 4.67. The Hall–Kier alpha value is -2.80. The lowest BCUT2D eigenvalue weighted by Crippen LogP contribution is -2.50. The molecule has 2 saturated heterocycles. The second-order valence-electron chi connectivity index (χ2n) is 8.06. The van der Waals surface area contributed by atoms with E-state index in [0.29, 0.717) is 13.1 Å². The molecule has 2 unspecified atom stereocenters. The van der Waals surface area contributed by atoms with Crippen molar-refractivity contribution in [2.45, 2.75) is 26.1 Å². The Balaban J connectivity index is 1.38. The standard InChI is InChI=1S/C23H29FN4O2/c1-17-15-28(16-18(2)30-17)22-6-4-3-5-21(22)25-23(29)27-13-11-26(12-14-27)20-9-7-19(24)8-10-20/h3-10,17-18H,11-16H2,1-2H3,(H,25,29). The molecule has 2 aromatic rings. The Morgan fingerprint density at radius 2 is 1.57 bits per heavy atom. The van der Waals surface area contributed by atoms with Crippen LogP contribution >= 0.6 is 0 Å². The third-order valence-electron chi connectivity index (χ3n) is 5.66. The molecule has 2 amide bonds. The van der Waals surface area contributed by atoms with Crippen LogP contribution in [0.3, 0.4) is 0 Å². The lowest BCUT2D eigenvalue weighted by Gasteiger charge is -2.38. The fourth-order valence-electron chi connectivity index (χ4n) is 4.24. The number of nitrogens with one attached hydrogen (secondary N) is 1. The Morgan fingerprint density at radius 1 is 0.933 bits per heavy atom. The topological polar surface area (TPSA) is 48.1 Å². The van der Waals surface area contributed by atoms with Gasteiger partial charge in [-0.2, -0.15) is 0 Å². The number of halogens is 1. The zero-order valence-electron chi connectivity index (χ0n) is 17.6. The number of carbonyl (C=O) groups excluding carboxylic acids is 1. The van der Waals surface area contributed by atoms with Crippen LogP contribution in [-0.4, -0.2) is 62.4 Å². The SMILES string of the molecule is CC1CN(c2ccccc2NC(=O)N2CCN(c3ccc(F)cc3)CC2)CC(C)O1. The van der Waals surface area contributed by atoms with Crippen LogP contribution < -0.4 is 15.1 Å². The van der Waals surface area contributed by atoms with Crippen LogP contribution in [0.2, 0.25) is 0 Å². The van der Waals surface area contributed by atoms with Crippen LogP contribution in [0.4, 0.5) is 26.2 Å². The summed E-state index contributed by atoms with van der Waals surface area (Å²) < 4.78 is 19.0. The van der Waals surface area contributed by atoms with E-state index in [1.165, 1.54) is 12.1 Å². The number of ether oxygens (including phenoxy) is 1. The molecule has 2 aromatic carbocycles. The van der Waals surface area contributed by atoms with Gasteiger partial charge < -0.3 is 24.8 Å². The van der Waals surface area contributed by atoms with Crippen molar-refractivity contribution in [3.8, 4) is 0 Å². The molecule has 0 radical (unpaired) electrons. The highest BCUT2D eigenvalue weighted by atomic mass is 19.1. The number of nitrogens with zero attached hydrogens (tertiary/aromatic N) is 3. The van der Waals surface area contributed by atoms with Gasteiger partial charge in [0.1, 0.15) is 5.82 Å². The summed E-state index contributed by atoms with van der Waals surface area (Å²) in [5, 5.41) is 3.11. The van der Waals surface area contributed by atoms with Gasteiger partial charge in [0, 0.05) is 45.0 Å². The van der Waals surface area contributed by atoms with Gasteiger partial charge in [0.2, 0.25) is 0 Å². The molecule has 6 nitrogen and oxygen atoms in total. The third-order valence-corrected chi connectivity index (χ3v) is 5.66. The lowest BCUT2D eigenvalue weighted by atomic mass is 10.1. The first-order chi connectivity index (χ1) is 14.5. The van der Waals surface area contributed by atoms with Crippen molar-refractivity contribution in [3.05, 3.63) is 54.3 Å². The molecule has 2 aliphatic rings. The molecule has 0 aromatic heterocycles. The molecule has 0 saturated carbocycles. The lowest BCUT2D eigenvalue weighted by molar-refractivity contribution is -0.00517. The Labute approximate surface area is 177 Å². The quantitative estimate of drug-likeness (QED) is 0.833. The van der Waals surface area contributed by atoms with Crippen LogP contribution in [0.15, 0.2) is 48.5 Å². The van der Waals surface area contributed by atoms with Gasteiger partial charge in [-0.25, -0.2) is 9.18 Å². The number of benzene rings is 2. The van der Waals surface area contributed by atoms with Gasteiger partial charge in [0.05, 0.1) is 23.6 Å². The van der Waals surface area contributed by atoms with E-state index in [4.69, 9.17) is 4.74 Å². The van der Waals surface area contributed by atoms with Crippen LogP contribution in [0.5, 0.6) is 0 Å². The summed E-state index contributed by atoms with van der Waals surface area (Å²) in [5.74, 6) is -0.237. The molecule has 160 valence electrons. The number of urea groups is 1. The summed E-state index contributed by atoms with van der Waals surface area (Å²) in [4.78, 5) is 19.2. The van der Waals surface area contributed by atoms with E-state index in [1.54, 1.807) is 12.1 Å². The molecule has 4 rings (SSSR count). The normalized spacial score (nSPS) is 22.2. The fraction of sp³-hybridized carbons (Fsp3) is 0.435. The zero-order valence-corrected chi connectivity index (χ0v) is 17.6. The first-order valence-corrected chi connectivity index (χ1v) is 10.6. The van der Waals surface area contributed by atoms with E-state index < -0.39 is 0 Å². The van der Waals surface area contributed by atoms with Crippen LogP contribution in [-0.2, 0) is 4.74 Å². The first kappa shape index (κ1) is 20.5. The summed E-state index contributed by atoms with van der Waals surface area (Å²) in [6, 6.07) is 14.4. The first-order valence-electron chi connectivity index (χ1n) is 10.6. The molecular weight excluding hydrogens is 383 g/mol. The number of amides is 2. The van der Waals surface area contributed by atoms with Crippen molar-refractivity contribution in [2.24, 2.45) is 0 Å². The molecule has 7 heteroatoms. The van der Waals surface area contributed by atoms with Crippen molar-refractivity contribution in [2.75, 3.05) is 54.4 Å². The van der Waals surface area contributed by atoms with Crippen molar-refractivity contribution < 1.29 is 13.9 Å². The second-order valence-corrected chi connectivity index (χ2v) is 8.06. The van der Waals surface area contributed by atoms with E-state index in [9.17, 15) is 9.18 Å². The highest BCUT2D eigenvalue weighted by molar-refractivity contribution is 5.93. The van der Waals surface area contributed by atoms with E-state index in [1.807, 2.05) is 29.2 Å². The fourth-order valence-corrected chi connectivity index (χ4v) is 4.24. The van der Waals surface area contributed by atoms with Crippen molar-refractivity contribution in [1.29, 1.82) is 0 Å². The molecule has 2 aliphatic heterocycles. The van der Waals surface area contributed by atoms with E-state index in [0.717, 1.165) is 43.2 Å². The van der Waals surface area contributed by atoms with Gasteiger partial charge in [0.15, 0.2) is 0 Å². The maximum absolute atomic E-state index is 13.1. The van der Waals surface area contributed by atoms with E-state index in [-0.39, 0.29) is 24.1 Å². The minimum absolute atomic E-state index is 0.0874. The molecule has 0 bridgehead atoms. The van der Waals surface area contributed by atoms with Gasteiger partial charge >= 0.3 is 6.03 Å². The molecule has 0 aliphatic carbocycles. The van der Waals surface area contributed by atoms with Crippen LogP contribution in [0.25, 0.3) is 0 Å². The average Bonchev–Trinajstić information content (AvgIpc) is 2.74. The van der Waals surface area contributed by atoms with Gasteiger partial charge in [-0.1, -0.05) is 12.1 Å². The Kier molecular flexibility index (Phi) is 6.08. The maximum Gasteiger partial charge on any atom is 0.322 e. The zero-order chi connectivity index (χ0) is 21.1. The minimum Gasteiger partial charge on any atom is -0.372 e. The molecular formula is C23H29FN4O2. The van der Waals surface area contributed by atoms with Crippen LogP contribution in [0.1, 0.15) is 13.8 Å². The number of carbonyl (C=O) groups is 1. The number of morpholine rings is 1. The van der Waals surface area contributed by atoms with Crippen molar-refractivity contribution >= 4 is 23.1 Å². The smallest absolute Gasteiger partial charge is 0.322 e. The maximum atomic E-state index is 13.1. The highest BCUT2D eigenvalue weighted by Gasteiger charge is 2.26. The van der Waals surface area contributed by atoms with Gasteiger partial charge in [-0.15, -0.1) is 0 Å². The predicted molar refractivity (Wildman–Crippen MR) is 118 cm³/mol. The van der Waals surface area contributed by atoms with E-state index in [2.05, 4.69) is 29.0 Å². The minimum atomic E-state index is -0.237. The molecule has 0 spiro atoms. The van der Waals surface area contributed by atoms with Gasteiger partial charge in [-0.05, 0) is 50.2 Å². The summed E-state index contributed by atoms with van der Waals surface area (Å²) in [5.41, 5.74) is 2.83. The second kappa shape index (κ2) is 8.92. The number of rotatable bonds is 3. The molecule has 30 heavy (non-hydrogen) atoms.